The van der Waals surface area contributed by atoms with Crippen molar-refractivity contribution < 1.29 is 14.2 Å². The van der Waals surface area contributed by atoms with Crippen molar-refractivity contribution in [3.05, 3.63) is 77.6 Å². The molecule has 124 valence electrons. The molecule has 3 aromatic carbocycles. The number of hydrogen-bond donors (Lipinski definition) is 2. The summed E-state index contributed by atoms with van der Waals surface area (Å²) in [6, 6.07) is 18.6. The highest BCUT2D eigenvalue weighted by molar-refractivity contribution is 5.87. The minimum atomic E-state index is -0.266. The summed E-state index contributed by atoms with van der Waals surface area (Å²) in [5, 5.41) is 14.4. The van der Waals surface area contributed by atoms with E-state index >= 15 is 0 Å². The summed E-state index contributed by atoms with van der Waals surface area (Å²) < 4.78 is 19.7. The lowest BCUT2D eigenvalue weighted by Gasteiger charge is -2.15. The third-order valence-corrected chi connectivity index (χ3v) is 3.93. The van der Waals surface area contributed by atoms with Gasteiger partial charge < -0.3 is 15.2 Å². The standard InChI is InChI=1S/C20H20FNO2/c21-19-8-4-2-6-16(19)14-24-20-10-9-15-5-1-3-7-17(15)18(20)13-22-11-12-23/h1-10,22-23H,11-14H2. The minimum absolute atomic E-state index is 0.0795. The van der Waals surface area contributed by atoms with Crippen molar-refractivity contribution in [2.75, 3.05) is 13.2 Å². The van der Waals surface area contributed by atoms with Gasteiger partial charge >= 0.3 is 0 Å². The maximum atomic E-state index is 13.8. The van der Waals surface area contributed by atoms with Gasteiger partial charge in [-0.05, 0) is 22.9 Å². The average Bonchev–Trinajstić information content (AvgIpc) is 2.62. The molecule has 0 atom stereocenters. The maximum absolute atomic E-state index is 13.8. The molecule has 0 spiro atoms. The van der Waals surface area contributed by atoms with Gasteiger partial charge in [0.25, 0.3) is 0 Å². The van der Waals surface area contributed by atoms with Crippen molar-refractivity contribution in [2.24, 2.45) is 0 Å². The molecule has 3 rings (SSSR count). The van der Waals surface area contributed by atoms with Crippen LogP contribution in [0, 0.1) is 5.82 Å². The fourth-order valence-corrected chi connectivity index (χ4v) is 2.70. The topological polar surface area (TPSA) is 41.5 Å². The fourth-order valence-electron chi connectivity index (χ4n) is 2.70. The Hall–Kier alpha value is -2.43. The summed E-state index contributed by atoms with van der Waals surface area (Å²) >= 11 is 0. The van der Waals surface area contributed by atoms with Crippen LogP contribution in [0.3, 0.4) is 0 Å². The lowest BCUT2D eigenvalue weighted by molar-refractivity contribution is 0.286. The van der Waals surface area contributed by atoms with Crippen LogP contribution in [0.15, 0.2) is 60.7 Å². The highest BCUT2D eigenvalue weighted by Gasteiger charge is 2.10. The van der Waals surface area contributed by atoms with Gasteiger partial charge in [-0.1, -0.05) is 48.5 Å². The third-order valence-electron chi connectivity index (χ3n) is 3.93. The molecule has 3 aromatic rings. The van der Waals surface area contributed by atoms with E-state index in [9.17, 15) is 4.39 Å². The Morgan fingerprint density at radius 3 is 2.58 bits per heavy atom. The number of hydrogen-bond acceptors (Lipinski definition) is 3. The van der Waals surface area contributed by atoms with Gasteiger partial charge in [0.1, 0.15) is 18.2 Å². The summed E-state index contributed by atoms with van der Waals surface area (Å²) in [6.07, 6.45) is 0. The van der Waals surface area contributed by atoms with Gasteiger partial charge in [-0.25, -0.2) is 4.39 Å². The molecule has 0 fully saturated rings. The highest BCUT2D eigenvalue weighted by Crippen LogP contribution is 2.29. The van der Waals surface area contributed by atoms with Crippen molar-refractivity contribution in [1.29, 1.82) is 0 Å². The van der Waals surface area contributed by atoms with Gasteiger partial charge in [0.2, 0.25) is 0 Å². The number of halogens is 1. The fraction of sp³-hybridized carbons (Fsp3) is 0.200. The Morgan fingerprint density at radius 1 is 0.958 bits per heavy atom. The van der Waals surface area contributed by atoms with Gasteiger partial charge in [-0.2, -0.15) is 0 Å². The molecule has 2 N–H and O–H groups in total. The maximum Gasteiger partial charge on any atom is 0.129 e. The van der Waals surface area contributed by atoms with Crippen LogP contribution in [-0.2, 0) is 13.2 Å². The molecule has 3 nitrogen and oxygen atoms in total. The van der Waals surface area contributed by atoms with E-state index in [0.717, 1.165) is 22.1 Å². The smallest absolute Gasteiger partial charge is 0.129 e. The quantitative estimate of drug-likeness (QED) is 0.652. The summed E-state index contributed by atoms with van der Waals surface area (Å²) in [5.41, 5.74) is 1.54. The second-order valence-corrected chi connectivity index (χ2v) is 5.54. The summed E-state index contributed by atoms with van der Waals surface area (Å²) in [6.45, 7) is 1.35. The van der Waals surface area contributed by atoms with Crippen molar-refractivity contribution in [3.8, 4) is 5.75 Å². The summed E-state index contributed by atoms with van der Waals surface area (Å²) in [5.74, 6) is 0.459. The Balaban J connectivity index is 1.88. The average molecular weight is 325 g/mol. The van der Waals surface area contributed by atoms with Crippen molar-refractivity contribution in [1.82, 2.24) is 5.32 Å². The molecule has 0 saturated carbocycles. The summed E-state index contributed by atoms with van der Waals surface area (Å²) in [7, 11) is 0. The minimum Gasteiger partial charge on any atom is -0.488 e. The number of nitrogens with one attached hydrogen (secondary N) is 1. The number of aliphatic hydroxyl groups is 1. The van der Waals surface area contributed by atoms with E-state index in [4.69, 9.17) is 9.84 Å². The molecular weight excluding hydrogens is 305 g/mol. The number of benzene rings is 3. The van der Waals surface area contributed by atoms with Gasteiger partial charge in [0.05, 0.1) is 6.61 Å². The first-order chi connectivity index (χ1) is 11.8. The van der Waals surface area contributed by atoms with Gasteiger partial charge in [0.15, 0.2) is 0 Å². The predicted octanol–water partition coefficient (Wildman–Crippen LogP) is 3.64. The van der Waals surface area contributed by atoms with E-state index in [1.165, 1.54) is 6.07 Å². The molecule has 4 heteroatoms. The molecule has 24 heavy (non-hydrogen) atoms. The zero-order valence-corrected chi connectivity index (χ0v) is 13.3. The van der Waals surface area contributed by atoms with Crippen molar-refractivity contribution in [3.63, 3.8) is 0 Å². The zero-order chi connectivity index (χ0) is 16.8. The Bertz CT molecular complexity index is 820. The lowest BCUT2D eigenvalue weighted by Crippen LogP contribution is -2.18. The van der Waals surface area contributed by atoms with E-state index in [2.05, 4.69) is 5.32 Å². The molecule has 0 saturated heterocycles. The van der Waals surface area contributed by atoms with E-state index < -0.39 is 0 Å². The molecule has 0 amide bonds. The number of aliphatic hydroxyl groups excluding tert-OH is 1. The first-order valence-corrected chi connectivity index (χ1v) is 7.98. The second-order valence-electron chi connectivity index (χ2n) is 5.54. The van der Waals surface area contributed by atoms with Crippen LogP contribution in [0.25, 0.3) is 10.8 Å². The predicted molar refractivity (Wildman–Crippen MR) is 93.5 cm³/mol. The first kappa shape index (κ1) is 16.4. The van der Waals surface area contributed by atoms with E-state index in [-0.39, 0.29) is 19.0 Å². The van der Waals surface area contributed by atoms with Crippen LogP contribution in [-0.4, -0.2) is 18.3 Å². The van der Waals surface area contributed by atoms with E-state index in [1.54, 1.807) is 18.2 Å². The second kappa shape index (κ2) is 7.90. The lowest BCUT2D eigenvalue weighted by atomic mass is 10.0. The zero-order valence-electron chi connectivity index (χ0n) is 13.3. The number of rotatable bonds is 7. The molecule has 0 radical (unpaired) electrons. The van der Waals surface area contributed by atoms with Crippen LogP contribution in [0.5, 0.6) is 5.75 Å². The monoisotopic (exact) mass is 325 g/mol. The van der Waals surface area contributed by atoms with E-state index in [0.29, 0.717) is 18.7 Å². The van der Waals surface area contributed by atoms with Crippen molar-refractivity contribution in [2.45, 2.75) is 13.2 Å². The Kier molecular flexibility index (Phi) is 5.41. The normalized spacial score (nSPS) is 10.9. The molecule has 0 aliphatic carbocycles. The Morgan fingerprint density at radius 2 is 1.75 bits per heavy atom. The molecule has 0 heterocycles. The SMILES string of the molecule is OCCNCc1c(OCc2ccccc2F)ccc2ccccc12. The third kappa shape index (κ3) is 3.72. The molecule has 0 aromatic heterocycles. The van der Waals surface area contributed by atoms with Crippen LogP contribution >= 0.6 is 0 Å². The van der Waals surface area contributed by atoms with Gasteiger partial charge in [-0.15, -0.1) is 0 Å². The molecular formula is C20H20FNO2. The van der Waals surface area contributed by atoms with Crippen LogP contribution in [0.1, 0.15) is 11.1 Å². The van der Waals surface area contributed by atoms with Gasteiger partial charge in [-0.3, -0.25) is 0 Å². The van der Waals surface area contributed by atoms with Crippen LogP contribution < -0.4 is 10.1 Å². The Labute approximate surface area is 140 Å². The van der Waals surface area contributed by atoms with Crippen molar-refractivity contribution >= 4 is 10.8 Å². The highest BCUT2D eigenvalue weighted by atomic mass is 19.1. The molecule has 0 unspecified atom stereocenters. The number of ether oxygens (including phenoxy) is 1. The summed E-state index contributed by atoms with van der Waals surface area (Å²) in [4.78, 5) is 0. The first-order valence-electron chi connectivity index (χ1n) is 7.98. The molecule has 0 aliphatic heterocycles. The molecule has 0 bridgehead atoms. The van der Waals surface area contributed by atoms with Crippen LogP contribution in [0.2, 0.25) is 0 Å². The molecule has 0 aliphatic rings. The van der Waals surface area contributed by atoms with Gasteiger partial charge in [0, 0.05) is 24.2 Å². The largest absolute Gasteiger partial charge is 0.488 e. The van der Waals surface area contributed by atoms with Crippen LogP contribution in [0.4, 0.5) is 4.39 Å². The van der Waals surface area contributed by atoms with E-state index in [1.807, 2.05) is 36.4 Å². The number of fused-ring (bicyclic) bond motifs is 1.